The molecule has 2 amide bonds. The quantitative estimate of drug-likeness (QED) is 0.753. The Hall–Kier alpha value is -1.06. The monoisotopic (exact) mass is 435 g/mol. The van der Waals surface area contributed by atoms with Crippen LogP contribution in [-0.4, -0.2) is 70.2 Å². The Morgan fingerprint density at radius 2 is 1.96 bits per heavy atom. The van der Waals surface area contributed by atoms with Gasteiger partial charge in [0.05, 0.1) is 34.7 Å². The van der Waals surface area contributed by atoms with Crippen molar-refractivity contribution < 1.29 is 17.9 Å². The highest BCUT2D eigenvalue weighted by Gasteiger charge is 2.36. The molecule has 7 nitrogen and oxygen atoms in total. The Labute approximate surface area is 169 Å². The molecule has 3 rings (SSSR count). The zero-order valence-electron chi connectivity index (χ0n) is 14.8. The number of nitrogens with zero attached hydrogens (tertiary/aromatic N) is 1. The van der Waals surface area contributed by atoms with Crippen molar-refractivity contribution in [3.63, 3.8) is 0 Å². The number of amides is 2. The molecule has 2 saturated heterocycles. The number of ether oxygens (including phenoxy) is 1. The van der Waals surface area contributed by atoms with Crippen LogP contribution < -0.4 is 10.6 Å². The van der Waals surface area contributed by atoms with Crippen LogP contribution in [0.1, 0.15) is 12.0 Å². The maximum atomic E-state index is 12.5. The largest absolute Gasteiger partial charge is 0.367 e. The van der Waals surface area contributed by atoms with Crippen LogP contribution in [0.3, 0.4) is 0 Å². The fourth-order valence-electron chi connectivity index (χ4n) is 3.30. The maximum Gasteiger partial charge on any atom is 0.317 e. The number of urea groups is 1. The molecular weight excluding hydrogens is 413 g/mol. The smallest absolute Gasteiger partial charge is 0.317 e. The van der Waals surface area contributed by atoms with Crippen molar-refractivity contribution in [1.82, 2.24) is 15.5 Å². The molecule has 2 aliphatic rings. The molecule has 2 aliphatic heterocycles. The Kier molecular flexibility index (Phi) is 6.53. The molecule has 2 heterocycles. The van der Waals surface area contributed by atoms with Crippen LogP contribution in [0, 0.1) is 0 Å². The second-order valence-corrected chi connectivity index (χ2v) is 9.89. The highest BCUT2D eigenvalue weighted by molar-refractivity contribution is 7.91. The number of rotatable bonds is 3. The first-order valence-electron chi connectivity index (χ1n) is 8.85. The lowest BCUT2D eigenvalue weighted by Gasteiger charge is -2.35. The summed E-state index contributed by atoms with van der Waals surface area (Å²) >= 11 is 12.2. The standard InChI is InChI=1S/C17H23Cl2N3O4S/c18-14-2-1-13(11-15(14)19)17(3-4-20-5-8-26-17)12-21-16(23)22-6-9-27(24,25)10-7-22/h1-2,11,20H,3-10,12H2,(H,21,23). The summed E-state index contributed by atoms with van der Waals surface area (Å²) in [6.45, 7) is 2.62. The van der Waals surface area contributed by atoms with E-state index in [1.54, 1.807) is 12.1 Å². The van der Waals surface area contributed by atoms with E-state index in [2.05, 4.69) is 10.6 Å². The van der Waals surface area contributed by atoms with Crippen molar-refractivity contribution in [3.8, 4) is 0 Å². The van der Waals surface area contributed by atoms with Crippen LogP contribution in [0.2, 0.25) is 10.0 Å². The van der Waals surface area contributed by atoms with Gasteiger partial charge in [-0.3, -0.25) is 0 Å². The van der Waals surface area contributed by atoms with Gasteiger partial charge in [0, 0.05) is 19.6 Å². The van der Waals surface area contributed by atoms with E-state index in [-0.39, 0.29) is 37.2 Å². The number of hydrogen-bond acceptors (Lipinski definition) is 5. The number of sulfone groups is 1. The van der Waals surface area contributed by atoms with Gasteiger partial charge in [-0.15, -0.1) is 0 Å². The van der Waals surface area contributed by atoms with E-state index < -0.39 is 15.4 Å². The Bertz CT molecular complexity index is 781. The SMILES string of the molecule is O=C(NCC1(c2ccc(Cl)c(Cl)c2)CCNCCO1)N1CCS(=O)(=O)CC1. The summed E-state index contributed by atoms with van der Waals surface area (Å²) in [5, 5.41) is 7.09. The van der Waals surface area contributed by atoms with Crippen molar-refractivity contribution in [1.29, 1.82) is 0 Å². The minimum Gasteiger partial charge on any atom is -0.367 e. The number of hydrogen-bond donors (Lipinski definition) is 2. The van der Waals surface area contributed by atoms with Crippen molar-refractivity contribution >= 4 is 39.1 Å². The summed E-state index contributed by atoms with van der Waals surface area (Å²) in [5.41, 5.74) is 0.122. The van der Waals surface area contributed by atoms with Gasteiger partial charge < -0.3 is 20.3 Å². The molecule has 0 radical (unpaired) electrons. The molecule has 0 saturated carbocycles. The van der Waals surface area contributed by atoms with Crippen LogP contribution in [-0.2, 0) is 20.2 Å². The van der Waals surface area contributed by atoms with Gasteiger partial charge in [-0.1, -0.05) is 29.3 Å². The summed E-state index contributed by atoms with van der Waals surface area (Å²) in [6.07, 6.45) is 0.652. The molecule has 1 unspecified atom stereocenters. The zero-order valence-corrected chi connectivity index (χ0v) is 17.2. The van der Waals surface area contributed by atoms with E-state index in [9.17, 15) is 13.2 Å². The molecule has 150 valence electrons. The fraction of sp³-hybridized carbons (Fsp3) is 0.588. The Morgan fingerprint density at radius 3 is 2.67 bits per heavy atom. The van der Waals surface area contributed by atoms with E-state index in [1.165, 1.54) is 4.90 Å². The number of benzene rings is 1. The van der Waals surface area contributed by atoms with Crippen LogP contribution >= 0.6 is 23.2 Å². The molecule has 0 bridgehead atoms. The lowest BCUT2D eigenvalue weighted by Crippen LogP contribution is -2.51. The molecule has 2 fully saturated rings. The summed E-state index contributed by atoms with van der Waals surface area (Å²) in [6, 6.07) is 5.07. The van der Waals surface area contributed by atoms with Crippen LogP contribution in [0.15, 0.2) is 18.2 Å². The zero-order chi connectivity index (χ0) is 19.5. The van der Waals surface area contributed by atoms with Gasteiger partial charge >= 0.3 is 6.03 Å². The number of nitrogens with one attached hydrogen (secondary N) is 2. The molecule has 1 aromatic carbocycles. The molecule has 2 N–H and O–H groups in total. The molecule has 0 aliphatic carbocycles. The van der Waals surface area contributed by atoms with Crippen molar-refractivity contribution in [2.75, 3.05) is 50.8 Å². The van der Waals surface area contributed by atoms with Crippen LogP contribution in [0.5, 0.6) is 0 Å². The summed E-state index contributed by atoms with van der Waals surface area (Å²) < 4.78 is 29.2. The summed E-state index contributed by atoms with van der Waals surface area (Å²) in [4.78, 5) is 14.1. The van der Waals surface area contributed by atoms with Crippen molar-refractivity contribution in [2.24, 2.45) is 0 Å². The first-order chi connectivity index (χ1) is 12.8. The van der Waals surface area contributed by atoms with E-state index in [1.807, 2.05) is 6.07 Å². The highest BCUT2D eigenvalue weighted by atomic mass is 35.5. The highest BCUT2D eigenvalue weighted by Crippen LogP contribution is 2.34. The van der Waals surface area contributed by atoms with Gasteiger partial charge in [0.2, 0.25) is 0 Å². The van der Waals surface area contributed by atoms with E-state index in [4.69, 9.17) is 27.9 Å². The predicted molar refractivity (Wildman–Crippen MR) is 105 cm³/mol. The first-order valence-corrected chi connectivity index (χ1v) is 11.4. The molecule has 10 heteroatoms. The lowest BCUT2D eigenvalue weighted by atomic mass is 9.90. The molecule has 27 heavy (non-hydrogen) atoms. The molecule has 1 aromatic rings. The topological polar surface area (TPSA) is 87.7 Å². The molecule has 0 spiro atoms. The van der Waals surface area contributed by atoms with Gasteiger partial charge in [0.25, 0.3) is 0 Å². The Morgan fingerprint density at radius 1 is 1.22 bits per heavy atom. The predicted octanol–water partition coefficient (Wildman–Crippen LogP) is 1.64. The van der Waals surface area contributed by atoms with Gasteiger partial charge in [-0.05, 0) is 30.7 Å². The second-order valence-electron chi connectivity index (χ2n) is 6.77. The third-order valence-corrected chi connectivity index (χ3v) is 7.31. The van der Waals surface area contributed by atoms with Gasteiger partial charge in [-0.25, -0.2) is 13.2 Å². The minimum atomic E-state index is -3.04. The number of carbonyl (C=O) groups is 1. The lowest BCUT2D eigenvalue weighted by molar-refractivity contribution is -0.0403. The van der Waals surface area contributed by atoms with Crippen molar-refractivity contribution in [3.05, 3.63) is 33.8 Å². The number of carbonyl (C=O) groups excluding carboxylic acids is 1. The van der Waals surface area contributed by atoms with E-state index >= 15 is 0 Å². The van der Waals surface area contributed by atoms with Gasteiger partial charge in [0.1, 0.15) is 5.60 Å². The Balaban J connectivity index is 1.74. The average Bonchev–Trinajstić information content (AvgIpc) is 2.88. The van der Waals surface area contributed by atoms with Crippen LogP contribution in [0.4, 0.5) is 4.79 Å². The number of halogens is 2. The first kappa shape index (κ1) is 20.7. The van der Waals surface area contributed by atoms with Crippen LogP contribution in [0.25, 0.3) is 0 Å². The minimum absolute atomic E-state index is 0.00122. The molecule has 0 aromatic heterocycles. The third-order valence-electron chi connectivity index (χ3n) is 4.97. The normalized spacial score (nSPS) is 25.6. The molecular formula is C17H23Cl2N3O4S. The second kappa shape index (κ2) is 8.53. The van der Waals surface area contributed by atoms with Crippen molar-refractivity contribution in [2.45, 2.75) is 12.0 Å². The van der Waals surface area contributed by atoms with E-state index in [0.29, 0.717) is 23.1 Å². The van der Waals surface area contributed by atoms with Gasteiger partial charge in [-0.2, -0.15) is 0 Å². The fourth-order valence-corrected chi connectivity index (χ4v) is 4.80. The van der Waals surface area contributed by atoms with E-state index in [0.717, 1.165) is 18.7 Å². The average molecular weight is 436 g/mol. The maximum absolute atomic E-state index is 12.5. The van der Waals surface area contributed by atoms with Gasteiger partial charge in [0.15, 0.2) is 9.84 Å². The summed E-state index contributed by atoms with van der Waals surface area (Å²) in [5.74, 6) is -0.00243. The molecule has 1 atom stereocenters. The third kappa shape index (κ3) is 5.06. The summed E-state index contributed by atoms with van der Waals surface area (Å²) in [7, 11) is -3.04.